The number of furan rings is 1. The van der Waals surface area contributed by atoms with Gasteiger partial charge in [-0.15, -0.1) is 0 Å². The molecule has 1 aromatic heterocycles. The Balaban J connectivity index is 1.86. The summed E-state index contributed by atoms with van der Waals surface area (Å²) in [6, 6.07) is 9.80. The molecule has 0 fully saturated rings. The van der Waals surface area contributed by atoms with E-state index in [9.17, 15) is 9.59 Å². The van der Waals surface area contributed by atoms with Gasteiger partial charge in [-0.3, -0.25) is 4.79 Å². The first-order valence-corrected chi connectivity index (χ1v) is 6.87. The maximum Gasteiger partial charge on any atom is 0.335 e. The highest BCUT2D eigenvalue weighted by molar-refractivity contribution is 9.10. The highest BCUT2D eigenvalue weighted by atomic mass is 79.9. The van der Waals surface area contributed by atoms with Crippen LogP contribution in [0.25, 0.3) is 6.08 Å². The number of carboxylic acids is 1. The standard InChI is InChI=1S/C15H12BrNO4/c16-13-7-5-12(21-13)6-8-14(18)17-9-10-1-3-11(4-2-10)15(19)20/h1-8H,9H2,(H,17,18)(H,19,20)/b8-6+. The van der Waals surface area contributed by atoms with Crippen LogP contribution in [-0.4, -0.2) is 17.0 Å². The van der Waals surface area contributed by atoms with E-state index in [0.29, 0.717) is 17.0 Å². The molecule has 2 aromatic rings. The third-order valence-corrected chi connectivity index (χ3v) is 3.09. The Labute approximate surface area is 129 Å². The molecular formula is C15H12BrNO4. The van der Waals surface area contributed by atoms with Crippen LogP contribution >= 0.6 is 15.9 Å². The quantitative estimate of drug-likeness (QED) is 0.813. The summed E-state index contributed by atoms with van der Waals surface area (Å²) in [5.41, 5.74) is 1.04. The molecular weight excluding hydrogens is 338 g/mol. The van der Waals surface area contributed by atoms with Crippen LogP contribution in [0.5, 0.6) is 0 Å². The summed E-state index contributed by atoms with van der Waals surface area (Å²) in [5.74, 6) is -0.661. The van der Waals surface area contributed by atoms with E-state index in [4.69, 9.17) is 9.52 Å². The van der Waals surface area contributed by atoms with Crippen molar-refractivity contribution in [3.8, 4) is 0 Å². The van der Waals surface area contributed by atoms with Crippen molar-refractivity contribution < 1.29 is 19.1 Å². The number of nitrogens with one attached hydrogen (secondary N) is 1. The van der Waals surface area contributed by atoms with E-state index in [2.05, 4.69) is 21.2 Å². The fourth-order valence-electron chi connectivity index (χ4n) is 1.59. The normalized spacial score (nSPS) is 10.7. The van der Waals surface area contributed by atoms with Gasteiger partial charge in [0.25, 0.3) is 0 Å². The van der Waals surface area contributed by atoms with Crippen molar-refractivity contribution in [2.45, 2.75) is 6.54 Å². The van der Waals surface area contributed by atoms with Crippen molar-refractivity contribution in [2.75, 3.05) is 0 Å². The molecule has 6 heteroatoms. The molecule has 0 aliphatic heterocycles. The summed E-state index contributed by atoms with van der Waals surface area (Å²) in [6.07, 6.45) is 2.94. The Hall–Kier alpha value is -2.34. The number of carbonyl (C=O) groups excluding carboxylic acids is 1. The number of hydrogen-bond donors (Lipinski definition) is 2. The maximum absolute atomic E-state index is 11.6. The third kappa shape index (κ3) is 4.61. The Morgan fingerprint density at radius 2 is 1.90 bits per heavy atom. The van der Waals surface area contributed by atoms with Crippen molar-refractivity contribution in [1.29, 1.82) is 0 Å². The molecule has 0 saturated carbocycles. The van der Waals surface area contributed by atoms with Crippen LogP contribution in [0.3, 0.4) is 0 Å². The fraction of sp³-hybridized carbons (Fsp3) is 0.0667. The Kier molecular flexibility index (Phi) is 4.94. The first-order chi connectivity index (χ1) is 10.0. The average molecular weight is 350 g/mol. The second-order valence-corrected chi connectivity index (χ2v) is 4.98. The van der Waals surface area contributed by atoms with Crippen LogP contribution in [0.15, 0.2) is 51.6 Å². The van der Waals surface area contributed by atoms with Gasteiger partial charge < -0.3 is 14.8 Å². The Morgan fingerprint density at radius 1 is 1.19 bits per heavy atom. The third-order valence-electron chi connectivity index (χ3n) is 2.66. The zero-order valence-electron chi connectivity index (χ0n) is 10.9. The van der Waals surface area contributed by atoms with Crippen LogP contribution < -0.4 is 5.32 Å². The molecule has 0 bridgehead atoms. The maximum atomic E-state index is 11.6. The van der Waals surface area contributed by atoms with E-state index in [1.54, 1.807) is 30.3 Å². The number of benzene rings is 1. The van der Waals surface area contributed by atoms with E-state index in [1.807, 2.05) is 0 Å². The van der Waals surface area contributed by atoms with Crippen molar-refractivity contribution >= 4 is 33.9 Å². The van der Waals surface area contributed by atoms with Crippen LogP contribution in [0.4, 0.5) is 0 Å². The summed E-state index contributed by atoms with van der Waals surface area (Å²) < 4.78 is 5.82. The molecule has 1 aromatic carbocycles. The number of rotatable bonds is 5. The molecule has 0 aliphatic rings. The molecule has 0 spiro atoms. The first kappa shape index (κ1) is 15.1. The predicted octanol–water partition coefficient (Wildman–Crippen LogP) is 3.07. The van der Waals surface area contributed by atoms with Gasteiger partial charge in [-0.1, -0.05) is 12.1 Å². The van der Waals surface area contributed by atoms with E-state index in [-0.39, 0.29) is 11.5 Å². The van der Waals surface area contributed by atoms with E-state index >= 15 is 0 Å². The Bertz CT molecular complexity index is 673. The van der Waals surface area contributed by atoms with Gasteiger partial charge in [0.2, 0.25) is 5.91 Å². The van der Waals surface area contributed by atoms with E-state index in [0.717, 1.165) is 5.56 Å². The molecule has 21 heavy (non-hydrogen) atoms. The minimum atomic E-state index is -0.974. The predicted molar refractivity (Wildman–Crippen MR) is 80.7 cm³/mol. The Morgan fingerprint density at radius 3 is 2.48 bits per heavy atom. The number of amides is 1. The molecule has 0 atom stereocenters. The molecule has 1 amide bonds. The molecule has 2 rings (SSSR count). The van der Waals surface area contributed by atoms with E-state index in [1.165, 1.54) is 18.2 Å². The summed E-state index contributed by atoms with van der Waals surface area (Å²) in [7, 11) is 0. The number of aromatic carboxylic acids is 1. The van der Waals surface area contributed by atoms with Crippen molar-refractivity contribution in [2.24, 2.45) is 0 Å². The molecule has 0 radical (unpaired) electrons. The van der Waals surface area contributed by atoms with Gasteiger partial charge in [0.15, 0.2) is 4.67 Å². The second-order valence-electron chi connectivity index (χ2n) is 4.20. The smallest absolute Gasteiger partial charge is 0.335 e. The van der Waals surface area contributed by atoms with Crippen molar-refractivity contribution in [1.82, 2.24) is 5.32 Å². The monoisotopic (exact) mass is 349 g/mol. The summed E-state index contributed by atoms with van der Waals surface area (Å²) in [4.78, 5) is 22.3. The van der Waals surface area contributed by atoms with Gasteiger partial charge in [0, 0.05) is 12.6 Å². The lowest BCUT2D eigenvalue weighted by Crippen LogP contribution is -2.20. The molecule has 5 nitrogen and oxygen atoms in total. The van der Waals surface area contributed by atoms with Gasteiger partial charge in [-0.05, 0) is 51.8 Å². The minimum Gasteiger partial charge on any atom is -0.478 e. The highest BCUT2D eigenvalue weighted by Gasteiger charge is 2.02. The van der Waals surface area contributed by atoms with Crippen LogP contribution in [-0.2, 0) is 11.3 Å². The lowest BCUT2D eigenvalue weighted by molar-refractivity contribution is -0.116. The summed E-state index contributed by atoms with van der Waals surface area (Å²) in [6.45, 7) is 0.324. The van der Waals surface area contributed by atoms with Gasteiger partial charge in [0.05, 0.1) is 5.56 Å². The van der Waals surface area contributed by atoms with E-state index < -0.39 is 5.97 Å². The van der Waals surface area contributed by atoms with Gasteiger partial charge in [-0.25, -0.2) is 4.79 Å². The average Bonchev–Trinajstić information content (AvgIpc) is 2.89. The zero-order chi connectivity index (χ0) is 15.2. The number of halogens is 1. The number of carboxylic acid groups (broad SMARTS) is 1. The summed E-state index contributed by atoms with van der Waals surface area (Å²) in [5, 5.41) is 11.5. The SMILES string of the molecule is O=C(/C=C/c1ccc(Br)o1)NCc1ccc(C(=O)O)cc1. The minimum absolute atomic E-state index is 0.216. The van der Waals surface area contributed by atoms with Crippen LogP contribution in [0.2, 0.25) is 0 Å². The van der Waals surface area contributed by atoms with Crippen molar-refractivity contribution in [3.63, 3.8) is 0 Å². The molecule has 1 heterocycles. The fourth-order valence-corrected chi connectivity index (χ4v) is 1.91. The lowest BCUT2D eigenvalue weighted by atomic mass is 10.1. The lowest BCUT2D eigenvalue weighted by Gasteiger charge is -2.03. The van der Waals surface area contributed by atoms with Gasteiger partial charge >= 0.3 is 5.97 Å². The van der Waals surface area contributed by atoms with Crippen LogP contribution in [0, 0.1) is 0 Å². The van der Waals surface area contributed by atoms with Crippen molar-refractivity contribution in [3.05, 3.63) is 64.0 Å². The second kappa shape index (κ2) is 6.90. The van der Waals surface area contributed by atoms with Gasteiger partial charge in [-0.2, -0.15) is 0 Å². The summed E-state index contributed by atoms with van der Waals surface area (Å²) >= 11 is 3.17. The molecule has 0 unspecified atom stereocenters. The number of carbonyl (C=O) groups is 2. The largest absolute Gasteiger partial charge is 0.478 e. The van der Waals surface area contributed by atoms with Gasteiger partial charge in [0.1, 0.15) is 5.76 Å². The topological polar surface area (TPSA) is 79.5 Å². The molecule has 0 saturated heterocycles. The highest BCUT2D eigenvalue weighted by Crippen LogP contribution is 2.14. The van der Waals surface area contributed by atoms with Crippen LogP contribution in [0.1, 0.15) is 21.7 Å². The molecule has 2 N–H and O–H groups in total. The first-order valence-electron chi connectivity index (χ1n) is 6.08. The molecule has 0 aliphatic carbocycles. The zero-order valence-corrected chi connectivity index (χ0v) is 12.5. The number of hydrogen-bond acceptors (Lipinski definition) is 3. The molecule has 108 valence electrons.